The Labute approximate surface area is 281 Å². The van der Waals surface area contributed by atoms with Gasteiger partial charge in [0.15, 0.2) is 21.3 Å². The minimum Gasteiger partial charge on any atom is -0.426 e. The topological polar surface area (TPSA) is 145 Å². The van der Waals surface area contributed by atoms with Crippen molar-refractivity contribution >= 4 is 38.6 Å². The molecule has 2 aliphatic rings. The maximum Gasteiger partial charge on any atom is 0.355 e. The Morgan fingerprint density at radius 3 is 2.51 bits per heavy atom. The van der Waals surface area contributed by atoms with Crippen LogP contribution in [0.1, 0.15) is 51.0 Å². The van der Waals surface area contributed by atoms with Crippen molar-refractivity contribution in [1.82, 2.24) is 24.4 Å². The van der Waals surface area contributed by atoms with E-state index in [1.54, 1.807) is 16.7 Å². The first-order valence-electron chi connectivity index (χ1n) is 15.8. The van der Waals surface area contributed by atoms with Gasteiger partial charge in [0.05, 0.1) is 16.6 Å². The zero-order valence-corrected chi connectivity index (χ0v) is 28.0. The van der Waals surface area contributed by atoms with Crippen LogP contribution >= 0.6 is 0 Å². The minimum atomic E-state index is -3.99. The predicted molar refractivity (Wildman–Crippen MR) is 177 cm³/mol. The fourth-order valence-electron chi connectivity index (χ4n) is 6.30. The van der Waals surface area contributed by atoms with E-state index in [1.165, 1.54) is 24.4 Å². The standard InChI is InChI=1S/C34H34F2N6O6S/c1-5-27(43)40-13-14-41(19(3)18-40)32-21-15-24(36)30(29-23(35)11-8-12-25(29)48-28(44)6-2)38-33(21)42(34(45)39-32)31-22(20-9-7-10-20)16-37-17-26(31)49(4,46)47/h5,8,11-12,15-17,19-20H,1,6-7,9-10,13-14,18H2,2-4H3/t19-/m0/s1. The molecule has 1 aliphatic heterocycles. The summed E-state index contributed by atoms with van der Waals surface area (Å²) in [6, 6.07) is 4.32. The summed E-state index contributed by atoms with van der Waals surface area (Å²) in [5.74, 6) is -3.26. The van der Waals surface area contributed by atoms with Gasteiger partial charge in [-0.2, -0.15) is 4.98 Å². The van der Waals surface area contributed by atoms with Crippen LogP contribution in [0.5, 0.6) is 5.75 Å². The second-order valence-electron chi connectivity index (χ2n) is 12.2. The van der Waals surface area contributed by atoms with Crippen molar-refractivity contribution in [1.29, 1.82) is 0 Å². The quantitative estimate of drug-likeness (QED) is 0.149. The SMILES string of the molecule is C=CC(=O)N1CCN(c2nc(=O)n(-c3c(C4CCC4)cncc3S(C)(=O)=O)c3nc(-c4c(F)cccc4OC(=O)CC)c(F)cc23)[C@@H](C)C1. The summed E-state index contributed by atoms with van der Waals surface area (Å²) in [7, 11) is -3.99. The number of sulfone groups is 1. The number of anilines is 1. The smallest absolute Gasteiger partial charge is 0.355 e. The predicted octanol–water partition coefficient (Wildman–Crippen LogP) is 4.33. The molecule has 6 rings (SSSR count). The van der Waals surface area contributed by atoms with Gasteiger partial charge in [-0.05, 0) is 55.5 Å². The maximum atomic E-state index is 16.3. The van der Waals surface area contributed by atoms with E-state index >= 15 is 8.78 Å². The number of fused-ring (bicyclic) bond motifs is 1. The molecule has 12 nitrogen and oxygen atoms in total. The summed E-state index contributed by atoms with van der Waals surface area (Å²) in [6.07, 6.45) is 7.13. The Bertz CT molecular complexity index is 2190. The monoisotopic (exact) mass is 692 g/mol. The molecule has 1 saturated carbocycles. The molecule has 256 valence electrons. The molecule has 0 unspecified atom stereocenters. The maximum absolute atomic E-state index is 16.3. The van der Waals surface area contributed by atoms with E-state index in [1.807, 2.05) is 6.92 Å². The highest BCUT2D eigenvalue weighted by molar-refractivity contribution is 7.90. The Kier molecular flexibility index (Phi) is 9.05. The number of halogens is 2. The van der Waals surface area contributed by atoms with E-state index in [-0.39, 0.29) is 71.1 Å². The highest BCUT2D eigenvalue weighted by atomic mass is 32.2. The van der Waals surface area contributed by atoms with Crippen LogP contribution in [-0.2, 0) is 19.4 Å². The van der Waals surface area contributed by atoms with Gasteiger partial charge in [0.2, 0.25) is 5.91 Å². The molecule has 4 heterocycles. The molecule has 0 bridgehead atoms. The Balaban J connectivity index is 1.69. The van der Waals surface area contributed by atoms with Gasteiger partial charge in [-0.3, -0.25) is 14.6 Å². The molecule has 1 aromatic carbocycles. The molecule has 4 aromatic rings. The number of hydrogen-bond acceptors (Lipinski definition) is 10. The molecule has 3 aromatic heterocycles. The molecule has 0 radical (unpaired) electrons. The van der Waals surface area contributed by atoms with E-state index in [4.69, 9.17) is 4.74 Å². The summed E-state index contributed by atoms with van der Waals surface area (Å²) < 4.78 is 64.6. The van der Waals surface area contributed by atoms with Crippen LogP contribution in [0.3, 0.4) is 0 Å². The lowest BCUT2D eigenvalue weighted by molar-refractivity contribution is -0.134. The number of pyridine rings is 2. The third kappa shape index (κ3) is 6.18. The van der Waals surface area contributed by atoms with Gasteiger partial charge >= 0.3 is 11.7 Å². The molecular weight excluding hydrogens is 658 g/mol. The molecule has 1 saturated heterocycles. The van der Waals surface area contributed by atoms with Crippen molar-refractivity contribution in [3.63, 3.8) is 0 Å². The minimum absolute atomic E-state index is 0.0121. The summed E-state index contributed by atoms with van der Waals surface area (Å²) in [6.45, 7) is 7.63. The van der Waals surface area contributed by atoms with Crippen molar-refractivity contribution in [2.24, 2.45) is 0 Å². The number of ether oxygens (including phenoxy) is 1. The number of aromatic nitrogens is 4. The zero-order chi connectivity index (χ0) is 35.2. The number of amides is 1. The van der Waals surface area contributed by atoms with E-state index < -0.39 is 50.4 Å². The van der Waals surface area contributed by atoms with Crippen molar-refractivity contribution in [3.8, 4) is 22.7 Å². The van der Waals surface area contributed by atoms with Crippen molar-refractivity contribution in [2.45, 2.75) is 56.4 Å². The molecule has 0 spiro atoms. The highest BCUT2D eigenvalue weighted by Crippen LogP contribution is 2.42. The first-order valence-corrected chi connectivity index (χ1v) is 17.7. The summed E-state index contributed by atoms with van der Waals surface area (Å²) in [4.78, 5) is 55.1. The average molecular weight is 693 g/mol. The molecule has 49 heavy (non-hydrogen) atoms. The van der Waals surface area contributed by atoms with Crippen LogP contribution in [0.15, 0.2) is 59.0 Å². The van der Waals surface area contributed by atoms with E-state index in [2.05, 4.69) is 21.5 Å². The Morgan fingerprint density at radius 1 is 1.12 bits per heavy atom. The number of carbonyl (C=O) groups excluding carboxylic acids is 2. The summed E-state index contributed by atoms with van der Waals surface area (Å²) in [5, 5.41) is 0.0375. The lowest BCUT2D eigenvalue weighted by Crippen LogP contribution is -2.54. The number of nitrogens with zero attached hydrogens (tertiary/aromatic N) is 6. The molecule has 15 heteroatoms. The zero-order valence-electron chi connectivity index (χ0n) is 27.1. The Morgan fingerprint density at radius 2 is 1.88 bits per heavy atom. The number of rotatable bonds is 8. The van der Waals surface area contributed by atoms with Crippen LogP contribution in [0.2, 0.25) is 0 Å². The van der Waals surface area contributed by atoms with E-state index in [0.717, 1.165) is 48.4 Å². The number of esters is 1. The fourth-order valence-corrected chi connectivity index (χ4v) is 7.11. The van der Waals surface area contributed by atoms with E-state index in [0.29, 0.717) is 5.56 Å². The van der Waals surface area contributed by atoms with E-state index in [9.17, 15) is 22.8 Å². The molecule has 1 aliphatic carbocycles. The molecule has 1 amide bonds. The largest absolute Gasteiger partial charge is 0.426 e. The van der Waals surface area contributed by atoms with Crippen LogP contribution in [0.25, 0.3) is 28.0 Å². The van der Waals surface area contributed by atoms with Gasteiger partial charge in [0, 0.05) is 50.7 Å². The van der Waals surface area contributed by atoms with Gasteiger partial charge in [-0.15, -0.1) is 0 Å². The van der Waals surface area contributed by atoms with Crippen molar-refractivity contribution in [2.75, 3.05) is 30.8 Å². The first-order chi connectivity index (χ1) is 23.3. The number of piperazine rings is 1. The van der Waals surface area contributed by atoms with Crippen LogP contribution in [-0.4, -0.2) is 76.6 Å². The first kappa shape index (κ1) is 33.8. The van der Waals surface area contributed by atoms with Gasteiger partial charge in [-0.25, -0.2) is 31.5 Å². The summed E-state index contributed by atoms with van der Waals surface area (Å²) in [5.41, 5.74) is -1.66. The lowest BCUT2D eigenvalue weighted by Gasteiger charge is -2.40. The molecule has 2 fully saturated rings. The summed E-state index contributed by atoms with van der Waals surface area (Å²) >= 11 is 0. The van der Waals surface area contributed by atoms with Crippen LogP contribution < -0.4 is 15.3 Å². The van der Waals surface area contributed by atoms with Gasteiger partial charge in [0.1, 0.15) is 28.0 Å². The average Bonchev–Trinajstić information content (AvgIpc) is 3.03. The van der Waals surface area contributed by atoms with Gasteiger partial charge < -0.3 is 14.5 Å². The fraction of sp³-hybridized carbons (Fsp3) is 0.353. The van der Waals surface area contributed by atoms with Crippen LogP contribution in [0.4, 0.5) is 14.6 Å². The van der Waals surface area contributed by atoms with Crippen molar-refractivity contribution in [3.05, 3.63) is 77.0 Å². The number of hydrogen-bond donors (Lipinski definition) is 0. The molecule has 0 N–H and O–H groups in total. The third-order valence-corrected chi connectivity index (χ3v) is 10.1. The third-order valence-electron chi connectivity index (χ3n) is 8.99. The van der Waals surface area contributed by atoms with Crippen LogP contribution in [0, 0.1) is 11.6 Å². The molecule has 1 atom stereocenters. The highest BCUT2D eigenvalue weighted by Gasteiger charge is 2.33. The number of benzene rings is 1. The normalized spacial score (nSPS) is 16.8. The molecular formula is C34H34F2N6O6S. The number of carbonyl (C=O) groups is 2. The Hall–Kier alpha value is -5.05. The van der Waals surface area contributed by atoms with Crippen molar-refractivity contribution < 1.29 is 31.5 Å². The van der Waals surface area contributed by atoms with Gasteiger partial charge in [-0.1, -0.05) is 26.0 Å². The lowest BCUT2D eigenvalue weighted by atomic mass is 9.80. The second kappa shape index (κ2) is 13.1. The van der Waals surface area contributed by atoms with Gasteiger partial charge in [0.25, 0.3) is 0 Å². The second-order valence-corrected chi connectivity index (χ2v) is 14.2.